The summed E-state index contributed by atoms with van der Waals surface area (Å²) in [7, 11) is 0. The van der Waals surface area contributed by atoms with E-state index < -0.39 is 11.4 Å². The number of carboxylic acids is 1. The van der Waals surface area contributed by atoms with Crippen LogP contribution in [0.25, 0.3) is 0 Å². The molecule has 0 radical (unpaired) electrons. The van der Waals surface area contributed by atoms with Crippen LogP contribution < -0.4 is 5.32 Å². The fourth-order valence-corrected chi connectivity index (χ4v) is 2.24. The molecule has 16 heavy (non-hydrogen) atoms. The average molecular weight is 223 g/mol. The van der Waals surface area contributed by atoms with Gasteiger partial charge in [0.05, 0.1) is 0 Å². The zero-order valence-corrected chi connectivity index (χ0v) is 8.87. The zero-order chi connectivity index (χ0) is 11.6. The molecule has 0 bridgehead atoms. The summed E-state index contributed by atoms with van der Waals surface area (Å²) in [5.74, 6) is -1.27. The summed E-state index contributed by atoms with van der Waals surface area (Å²) in [5, 5.41) is 12.4. The first-order valence-corrected chi connectivity index (χ1v) is 5.35. The van der Waals surface area contributed by atoms with Crippen molar-refractivity contribution in [3.05, 3.63) is 35.6 Å². The van der Waals surface area contributed by atoms with Gasteiger partial charge in [0.25, 0.3) is 0 Å². The number of benzene rings is 1. The van der Waals surface area contributed by atoms with Gasteiger partial charge >= 0.3 is 5.97 Å². The summed E-state index contributed by atoms with van der Waals surface area (Å²) in [6, 6.07) is 5.89. The summed E-state index contributed by atoms with van der Waals surface area (Å²) in [4.78, 5) is 11.4. The molecule has 0 spiro atoms. The molecule has 0 aromatic heterocycles. The molecule has 2 N–H and O–H groups in total. The van der Waals surface area contributed by atoms with E-state index in [9.17, 15) is 14.3 Å². The lowest BCUT2D eigenvalue weighted by molar-refractivity contribution is -0.144. The van der Waals surface area contributed by atoms with Crippen molar-refractivity contribution in [2.45, 2.75) is 18.3 Å². The van der Waals surface area contributed by atoms with E-state index in [4.69, 9.17) is 0 Å². The van der Waals surface area contributed by atoms with Crippen LogP contribution in [0.4, 0.5) is 4.39 Å². The number of carbonyl (C=O) groups is 1. The third-order valence-corrected chi connectivity index (χ3v) is 3.17. The third-order valence-electron chi connectivity index (χ3n) is 3.17. The van der Waals surface area contributed by atoms with Crippen molar-refractivity contribution in [2.24, 2.45) is 0 Å². The number of aliphatic carboxylic acids is 1. The summed E-state index contributed by atoms with van der Waals surface area (Å²) in [6.45, 7) is 1.19. The number of hydrogen-bond donors (Lipinski definition) is 2. The van der Waals surface area contributed by atoms with Crippen molar-refractivity contribution in [1.82, 2.24) is 5.32 Å². The minimum atomic E-state index is -0.972. The smallest absolute Gasteiger partial charge is 0.315 e. The van der Waals surface area contributed by atoms with Crippen LogP contribution >= 0.6 is 0 Å². The van der Waals surface area contributed by atoms with Gasteiger partial charge in [-0.05, 0) is 37.1 Å². The predicted molar refractivity (Wildman–Crippen MR) is 57.8 cm³/mol. The van der Waals surface area contributed by atoms with Crippen LogP contribution in [0.1, 0.15) is 18.4 Å². The van der Waals surface area contributed by atoms with Crippen LogP contribution in [0.3, 0.4) is 0 Å². The van der Waals surface area contributed by atoms with Gasteiger partial charge in [0.1, 0.15) is 11.2 Å². The number of hydrogen-bond acceptors (Lipinski definition) is 2. The molecule has 1 atom stereocenters. The molecule has 1 unspecified atom stereocenters. The highest BCUT2D eigenvalue weighted by Crippen LogP contribution is 2.31. The molecule has 0 aliphatic carbocycles. The van der Waals surface area contributed by atoms with Gasteiger partial charge in [-0.2, -0.15) is 0 Å². The van der Waals surface area contributed by atoms with Crippen molar-refractivity contribution in [3.63, 3.8) is 0 Å². The maximum Gasteiger partial charge on any atom is 0.315 e. The van der Waals surface area contributed by atoms with Gasteiger partial charge in [0.15, 0.2) is 0 Å². The van der Waals surface area contributed by atoms with Crippen LogP contribution in [0, 0.1) is 5.82 Å². The zero-order valence-electron chi connectivity index (χ0n) is 8.87. The summed E-state index contributed by atoms with van der Waals surface area (Å²) in [6.07, 6.45) is 1.35. The van der Waals surface area contributed by atoms with Crippen molar-refractivity contribution in [2.75, 3.05) is 13.1 Å². The molecule has 1 heterocycles. The molecule has 2 rings (SSSR count). The van der Waals surface area contributed by atoms with E-state index in [0.29, 0.717) is 18.5 Å². The van der Waals surface area contributed by atoms with Crippen LogP contribution in [0.2, 0.25) is 0 Å². The molecule has 1 aromatic rings. The van der Waals surface area contributed by atoms with E-state index in [0.717, 1.165) is 13.0 Å². The Labute approximate surface area is 93.3 Å². The van der Waals surface area contributed by atoms with Gasteiger partial charge in [-0.3, -0.25) is 4.79 Å². The first-order chi connectivity index (χ1) is 7.65. The Kier molecular flexibility index (Phi) is 2.92. The first-order valence-electron chi connectivity index (χ1n) is 5.35. The molecule has 86 valence electrons. The standard InChI is InChI=1S/C12H14FNO2/c13-10-4-1-3-9(7-10)12(11(15)16)5-2-6-14-8-12/h1,3-4,7,14H,2,5-6,8H2,(H,15,16). The Bertz CT molecular complexity index is 400. The van der Waals surface area contributed by atoms with Crippen LogP contribution in [-0.2, 0) is 10.2 Å². The van der Waals surface area contributed by atoms with Gasteiger partial charge in [0, 0.05) is 6.54 Å². The van der Waals surface area contributed by atoms with Crippen molar-refractivity contribution < 1.29 is 14.3 Å². The predicted octanol–water partition coefficient (Wildman–Crippen LogP) is 1.53. The molecule has 0 saturated carbocycles. The molecule has 1 fully saturated rings. The van der Waals surface area contributed by atoms with Gasteiger partial charge in [0.2, 0.25) is 0 Å². The number of rotatable bonds is 2. The largest absolute Gasteiger partial charge is 0.481 e. The second-order valence-corrected chi connectivity index (χ2v) is 4.18. The second kappa shape index (κ2) is 4.22. The fourth-order valence-electron chi connectivity index (χ4n) is 2.24. The highest BCUT2D eigenvalue weighted by Gasteiger charge is 2.41. The Morgan fingerprint density at radius 2 is 2.31 bits per heavy atom. The second-order valence-electron chi connectivity index (χ2n) is 4.18. The highest BCUT2D eigenvalue weighted by atomic mass is 19.1. The Balaban J connectivity index is 2.42. The molecule has 1 aromatic carbocycles. The Morgan fingerprint density at radius 3 is 2.88 bits per heavy atom. The van der Waals surface area contributed by atoms with Crippen LogP contribution in [0.5, 0.6) is 0 Å². The maximum atomic E-state index is 13.1. The van der Waals surface area contributed by atoms with E-state index in [-0.39, 0.29) is 5.82 Å². The van der Waals surface area contributed by atoms with Crippen molar-refractivity contribution in [1.29, 1.82) is 0 Å². The SMILES string of the molecule is O=C(O)C1(c2cccc(F)c2)CCCNC1. The lowest BCUT2D eigenvalue weighted by atomic mass is 9.75. The topological polar surface area (TPSA) is 49.3 Å². The number of piperidine rings is 1. The summed E-state index contributed by atoms with van der Waals surface area (Å²) < 4.78 is 13.1. The third kappa shape index (κ3) is 1.80. The summed E-state index contributed by atoms with van der Waals surface area (Å²) in [5.41, 5.74) is -0.424. The Hall–Kier alpha value is -1.42. The lowest BCUT2D eigenvalue weighted by Gasteiger charge is -2.34. The molecule has 0 amide bonds. The average Bonchev–Trinajstić information content (AvgIpc) is 2.30. The van der Waals surface area contributed by atoms with Crippen molar-refractivity contribution in [3.8, 4) is 0 Å². The number of carboxylic acid groups (broad SMARTS) is 1. The number of halogens is 1. The molecule has 1 aliphatic rings. The van der Waals surface area contributed by atoms with E-state index in [2.05, 4.69) is 5.32 Å². The molecule has 1 aliphatic heterocycles. The highest BCUT2D eigenvalue weighted by molar-refractivity contribution is 5.82. The summed E-state index contributed by atoms with van der Waals surface area (Å²) >= 11 is 0. The minimum absolute atomic E-state index is 0.367. The van der Waals surface area contributed by atoms with Crippen molar-refractivity contribution >= 4 is 5.97 Å². The van der Waals surface area contributed by atoms with Gasteiger partial charge in [-0.15, -0.1) is 0 Å². The normalized spacial score (nSPS) is 25.3. The molecule has 1 saturated heterocycles. The molecular formula is C12H14FNO2. The molecule has 4 heteroatoms. The Morgan fingerprint density at radius 1 is 1.50 bits per heavy atom. The van der Waals surface area contributed by atoms with E-state index in [1.807, 2.05) is 0 Å². The fraction of sp³-hybridized carbons (Fsp3) is 0.417. The number of nitrogens with one attached hydrogen (secondary N) is 1. The molecule has 3 nitrogen and oxygen atoms in total. The quantitative estimate of drug-likeness (QED) is 0.799. The van der Waals surface area contributed by atoms with Crippen LogP contribution in [-0.4, -0.2) is 24.2 Å². The lowest BCUT2D eigenvalue weighted by Crippen LogP contribution is -2.49. The molecular weight excluding hydrogens is 209 g/mol. The van der Waals surface area contributed by atoms with E-state index in [1.165, 1.54) is 12.1 Å². The van der Waals surface area contributed by atoms with Gasteiger partial charge < -0.3 is 10.4 Å². The monoisotopic (exact) mass is 223 g/mol. The first kappa shape index (κ1) is 11.1. The van der Waals surface area contributed by atoms with E-state index in [1.54, 1.807) is 12.1 Å². The minimum Gasteiger partial charge on any atom is -0.481 e. The van der Waals surface area contributed by atoms with E-state index >= 15 is 0 Å². The van der Waals surface area contributed by atoms with Crippen LogP contribution in [0.15, 0.2) is 24.3 Å². The van der Waals surface area contributed by atoms with Gasteiger partial charge in [-0.25, -0.2) is 4.39 Å². The van der Waals surface area contributed by atoms with Gasteiger partial charge in [-0.1, -0.05) is 12.1 Å². The maximum absolute atomic E-state index is 13.1.